The van der Waals surface area contributed by atoms with Crippen LogP contribution in [0.1, 0.15) is 39.0 Å². The molecule has 0 radical (unpaired) electrons. The summed E-state index contributed by atoms with van der Waals surface area (Å²) in [4.78, 5) is 0. The maximum Gasteiger partial charge on any atom is 0.0590 e. The molecule has 0 unspecified atom stereocenters. The van der Waals surface area contributed by atoms with Gasteiger partial charge in [-0.2, -0.15) is 0 Å². The molecule has 1 rings (SSSR count). The minimum absolute atomic E-state index is 0.837. The quantitative estimate of drug-likeness (QED) is 0.585. The maximum absolute atomic E-state index is 5.23. The molecular formula is C11H23NO. The van der Waals surface area contributed by atoms with E-state index in [1.165, 1.54) is 38.6 Å². The molecule has 0 saturated heterocycles. The minimum atomic E-state index is 0.837. The van der Waals surface area contributed by atoms with E-state index in [2.05, 4.69) is 5.32 Å². The molecular weight excluding hydrogens is 162 g/mol. The van der Waals surface area contributed by atoms with Gasteiger partial charge in [0.25, 0.3) is 0 Å². The van der Waals surface area contributed by atoms with Gasteiger partial charge >= 0.3 is 0 Å². The van der Waals surface area contributed by atoms with Gasteiger partial charge < -0.3 is 10.1 Å². The molecule has 1 aliphatic rings. The lowest BCUT2D eigenvalue weighted by atomic mass is 9.82. The van der Waals surface area contributed by atoms with Crippen molar-refractivity contribution in [2.24, 2.45) is 5.92 Å². The number of nitrogens with one attached hydrogen (secondary N) is 1. The largest absolute Gasteiger partial charge is 0.380 e. The Morgan fingerprint density at radius 2 is 2.15 bits per heavy atom. The second kappa shape index (κ2) is 7.34. The topological polar surface area (TPSA) is 21.3 Å². The Kier molecular flexibility index (Phi) is 6.21. The summed E-state index contributed by atoms with van der Waals surface area (Å²) in [6.07, 6.45) is 7.22. The first-order chi connectivity index (χ1) is 6.43. The van der Waals surface area contributed by atoms with Gasteiger partial charge in [-0.1, -0.05) is 19.3 Å². The highest BCUT2D eigenvalue weighted by molar-refractivity contribution is 4.69. The predicted molar refractivity (Wildman–Crippen MR) is 55.9 cm³/mol. The molecule has 1 fully saturated rings. The second-order valence-electron chi connectivity index (χ2n) is 3.89. The van der Waals surface area contributed by atoms with Crippen molar-refractivity contribution in [3.8, 4) is 0 Å². The van der Waals surface area contributed by atoms with Gasteiger partial charge in [0.1, 0.15) is 0 Å². The van der Waals surface area contributed by atoms with E-state index in [0.717, 1.165) is 25.7 Å². The van der Waals surface area contributed by atoms with E-state index >= 15 is 0 Å². The van der Waals surface area contributed by atoms with Gasteiger partial charge in [-0.05, 0) is 32.2 Å². The van der Waals surface area contributed by atoms with Crippen LogP contribution in [0.5, 0.6) is 0 Å². The van der Waals surface area contributed by atoms with Gasteiger partial charge in [-0.15, -0.1) is 0 Å². The van der Waals surface area contributed by atoms with Crippen LogP contribution in [0.4, 0.5) is 0 Å². The van der Waals surface area contributed by atoms with Crippen LogP contribution >= 0.6 is 0 Å². The molecule has 2 heteroatoms. The average Bonchev–Trinajstić information content (AvgIpc) is 2.07. The van der Waals surface area contributed by atoms with Crippen molar-refractivity contribution in [2.75, 3.05) is 26.3 Å². The highest BCUT2D eigenvalue weighted by Crippen LogP contribution is 2.29. The van der Waals surface area contributed by atoms with Crippen LogP contribution in [0, 0.1) is 5.92 Å². The van der Waals surface area contributed by atoms with E-state index in [9.17, 15) is 0 Å². The molecule has 1 saturated carbocycles. The summed E-state index contributed by atoms with van der Waals surface area (Å²) in [5.41, 5.74) is 0. The third kappa shape index (κ3) is 5.27. The highest BCUT2D eigenvalue weighted by atomic mass is 16.5. The van der Waals surface area contributed by atoms with Gasteiger partial charge in [0.05, 0.1) is 6.61 Å². The van der Waals surface area contributed by atoms with Crippen molar-refractivity contribution in [2.45, 2.75) is 39.0 Å². The van der Waals surface area contributed by atoms with Crippen molar-refractivity contribution in [1.29, 1.82) is 0 Å². The summed E-state index contributed by atoms with van der Waals surface area (Å²) in [6.45, 7) is 5.92. The lowest BCUT2D eigenvalue weighted by Gasteiger charge is -2.25. The third-order valence-corrected chi connectivity index (χ3v) is 2.82. The number of ether oxygens (including phenoxy) is 1. The van der Waals surface area contributed by atoms with Crippen LogP contribution in [0.25, 0.3) is 0 Å². The summed E-state index contributed by atoms with van der Waals surface area (Å²) in [5, 5.41) is 3.40. The zero-order chi connectivity index (χ0) is 9.36. The average molecular weight is 185 g/mol. The van der Waals surface area contributed by atoms with E-state index in [0.29, 0.717) is 0 Å². The van der Waals surface area contributed by atoms with E-state index in [-0.39, 0.29) is 0 Å². The zero-order valence-electron chi connectivity index (χ0n) is 8.85. The lowest BCUT2D eigenvalue weighted by Crippen LogP contribution is -2.22. The van der Waals surface area contributed by atoms with Gasteiger partial charge in [0, 0.05) is 13.2 Å². The highest BCUT2D eigenvalue weighted by Gasteiger charge is 2.15. The Morgan fingerprint density at radius 3 is 2.77 bits per heavy atom. The standard InChI is InChI=1S/C11H23NO/c1-2-13-10-9-12-8-4-7-11-5-3-6-11/h11-12H,2-10H2,1H3. The van der Waals surface area contributed by atoms with Crippen molar-refractivity contribution < 1.29 is 4.74 Å². The van der Waals surface area contributed by atoms with E-state index in [1.807, 2.05) is 6.92 Å². The number of hydrogen-bond acceptors (Lipinski definition) is 2. The summed E-state index contributed by atoms with van der Waals surface area (Å²) in [5.74, 6) is 1.06. The monoisotopic (exact) mass is 185 g/mol. The van der Waals surface area contributed by atoms with Crippen LogP contribution in [0.15, 0.2) is 0 Å². The first kappa shape index (κ1) is 11.0. The minimum Gasteiger partial charge on any atom is -0.380 e. The third-order valence-electron chi connectivity index (χ3n) is 2.82. The molecule has 0 spiro atoms. The van der Waals surface area contributed by atoms with E-state index < -0.39 is 0 Å². The van der Waals surface area contributed by atoms with Crippen molar-refractivity contribution >= 4 is 0 Å². The van der Waals surface area contributed by atoms with Gasteiger partial charge in [-0.25, -0.2) is 0 Å². The molecule has 0 aromatic heterocycles. The molecule has 0 aromatic rings. The molecule has 1 aliphatic carbocycles. The molecule has 0 bridgehead atoms. The second-order valence-corrected chi connectivity index (χ2v) is 3.89. The molecule has 0 atom stereocenters. The molecule has 13 heavy (non-hydrogen) atoms. The summed E-state index contributed by atoms with van der Waals surface area (Å²) >= 11 is 0. The number of rotatable bonds is 8. The normalized spacial score (nSPS) is 17.3. The fourth-order valence-electron chi connectivity index (χ4n) is 1.71. The van der Waals surface area contributed by atoms with E-state index in [1.54, 1.807) is 0 Å². The van der Waals surface area contributed by atoms with Crippen LogP contribution in [-0.2, 0) is 4.74 Å². The van der Waals surface area contributed by atoms with Crippen molar-refractivity contribution in [3.05, 3.63) is 0 Å². The molecule has 1 N–H and O–H groups in total. The Morgan fingerprint density at radius 1 is 1.31 bits per heavy atom. The fraction of sp³-hybridized carbons (Fsp3) is 1.00. The fourth-order valence-corrected chi connectivity index (χ4v) is 1.71. The maximum atomic E-state index is 5.23. The Labute approximate surface area is 82.0 Å². The molecule has 78 valence electrons. The summed E-state index contributed by atoms with van der Waals surface area (Å²) in [6, 6.07) is 0. The number of hydrogen-bond donors (Lipinski definition) is 1. The molecule has 0 amide bonds. The van der Waals surface area contributed by atoms with Crippen LogP contribution in [0.3, 0.4) is 0 Å². The zero-order valence-corrected chi connectivity index (χ0v) is 8.85. The van der Waals surface area contributed by atoms with Crippen molar-refractivity contribution in [1.82, 2.24) is 5.32 Å². The van der Waals surface area contributed by atoms with Gasteiger partial charge in [0.2, 0.25) is 0 Å². The van der Waals surface area contributed by atoms with Gasteiger partial charge in [0.15, 0.2) is 0 Å². The van der Waals surface area contributed by atoms with Crippen LogP contribution < -0.4 is 5.32 Å². The molecule has 0 aromatic carbocycles. The summed E-state index contributed by atoms with van der Waals surface area (Å²) < 4.78 is 5.23. The van der Waals surface area contributed by atoms with Crippen LogP contribution in [-0.4, -0.2) is 26.3 Å². The predicted octanol–water partition coefficient (Wildman–Crippen LogP) is 2.19. The smallest absolute Gasteiger partial charge is 0.0590 e. The van der Waals surface area contributed by atoms with Crippen molar-refractivity contribution in [3.63, 3.8) is 0 Å². The molecule has 0 heterocycles. The Balaban J connectivity index is 1.68. The van der Waals surface area contributed by atoms with E-state index in [4.69, 9.17) is 4.74 Å². The Hall–Kier alpha value is -0.0800. The lowest BCUT2D eigenvalue weighted by molar-refractivity contribution is 0.149. The first-order valence-corrected chi connectivity index (χ1v) is 5.72. The summed E-state index contributed by atoms with van der Waals surface area (Å²) in [7, 11) is 0. The SMILES string of the molecule is CCOCCNCCCC1CCC1. The van der Waals surface area contributed by atoms with Gasteiger partial charge in [-0.3, -0.25) is 0 Å². The molecule has 0 aliphatic heterocycles. The van der Waals surface area contributed by atoms with Crippen LogP contribution in [0.2, 0.25) is 0 Å². The first-order valence-electron chi connectivity index (χ1n) is 5.72. The Bertz CT molecular complexity index is 113. The molecule has 2 nitrogen and oxygen atoms in total.